The maximum atomic E-state index is 12.4. The molecular formula is C26H31N5O2. The molecule has 0 unspecified atom stereocenters. The topological polar surface area (TPSA) is 71.5 Å². The van der Waals surface area contributed by atoms with E-state index in [0.717, 1.165) is 59.5 Å². The molecular weight excluding hydrogens is 414 g/mol. The summed E-state index contributed by atoms with van der Waals surface area (Å²) in [4.78, 5) is 31.1. The number of nitrogens with zero attached hydrogens (tertiary/aromatic N) is 5. The predicted octanol–water partition coefficient (Wildman–Crippen LogP) is 4.63. The summed E-state index contributed by atoms with van der Waals surface area (Å²) in [7, 11) is 0. The minimum atomic E-state index is -0.487. The molecule has 7 nitrogen and oxygen atoms in total. The van der Waals surface area contributed by atoms with Crippen molar-refractivity contribution < 1.29 is 9.53 Å². The fourth-order valence-electron chi connectivity index (χ4n) is 4.58. The Morgan fingerprint density at radius 2 is 1.76 bits per heavy atom. The van der Waals surface area contributed by atoms with Crippen molar-refractivity contribution in [1.29, 1.82) is 0 Å². The quantitative estimate of drug-likeness (QED) is 0.573. The smallest absolute Gasteiger partial charge is 0.410 e. The lowest BCUT2D eigenvalue weighted by Crippen LogP contribution is -2.50. The number of fused-ring (bicyclic) bond motifs is 2. The van der Waals surface area contributed by atoms with Crippen molar-refractivity contribution in [2.24, 2.45) is 0 Å². The molecule has 7 heteroatoms. The van der Waals surface area contributed by atoms with Gasteiger partial charge in [-0.1, -0.05) is 18.2 Å². The number of carbonyl (C=O) groups excluding carboxylic acids is 1. The maximum absolute atomic E-state index is 12.4. The van der Waals surface area contributed by atoms with E-state index in [2.05, 4.69) is 22.0 Å². The molecule has 0 bridgehead atoms. The monoisotopic (exact) mass is 445 g/mol. The second-order valence-corrected chi connectivity index (χ2v) is 9.88. The van der Waals surface area contributed by atoms with Gasteiger partial charge in [0.2, 0.25) is 5.95 Å². The zero-order valence-corrected chi connectivity index (χ0v) is 19.7. The summed E-state index contributed by atoms with van der Waals surface area (Å²) >= 11 is 0. The van der Waals surface area contributed by atoms with Gasteiger partial charge in [0.05, 0.1) is 11.2 Å². The number of benzene rings is 1. The van der Waals surface area contributed by atoms with E-state index in [1.807, 2.05) is 45.2 Å². The van der Waals surface area contributed by atoms with Gasteiger partial charge in [0.15, 0.2) is 0 Å². The van der Waals surface area contributed by atoms with Crippen molar-refractivity contribution >= 4 is 22.9 Å². The third-order valence-corrected chi connectivity index (χ3v) is 6.25. The summed E-state index contributed by atoms with van der Waals surface area (Å²) in [5, 5.41) is 1.12. The van der Waals surface area contributed by atoms with Gasteiger partial charge in [-0.3, -0.25) is 4.98 Å². The first-order valence-electron chi connectivity index (χ1n) is 11.9. The molecule has 5 rings (SSSR count). The van der Waals surface area contributed by atoms with E-state index in [1.165, 1.54) is 5.56 Å². The molecule has 0 radical (unpaired) electrons. The van der Waals surface area contributed by atoms with Crippen LogP contribution in [0.2, 0.25) is 0 Å². The number of ether oxygens (including phenoxy) is 1. The predicted molar refractivity (Wildman–Crippen MR) is 129 cm³/mol. The Morgan fingerprint density at radius 3 is 2.55 bits per heavy atom. The average Bonchev–Trinajstić information content (AvgIpc) is 2.82. The van der Waals surface area contributed by atoms with Crippen LogP contribution in [0.4, 0.5) is 10.7 Å². The highest BCUT2D eigenvalue weighted by Crippen LogP contribution is 2.32. The highest BCUT2D eigenvalue weighted by molar-refractivity contribution is 5.83. The lowest BCUT2D eigenvalue weighted by Gasteiger charge is -2.36. The average molecular weight is 446 g/mol. The van der Waals surface area contributed by atoms with Crippen LogP contribution in [-0.4, -0.2) is 57.7 Å². The number of piperazine rings is 1. The van der Waals surface area contributed by atoms with Crippen LogP contribution in [0.3, 0.4) is 0 Å². The Bertz CT molecular complexity index is 1180. The van der Waals surface area contributed by atoms with Crippen LogP contribution >= 0.6 is 0 Å². The fraction of sp³-hybridized carbons (Fsp3) is 0.462. The molecule has 1 aromatic carbocycles. The number of amides is 1. The number of pyridine rings is 1. The Hall–Kier alpha value is -3.22. The van der Waals surface area contributed by atoms with Gasteiger partial charge in [-0.2, -0.15) is 0 Å². The van der Waals surface area contributed by atoms with Crippen LogP contribution < -0.4 is 4.90 Å². The molecule has 33 heavy (non-hydrogen) atoms. The Balaban J connectivity index is 1.43. The van der Waals surface area contributed by atoms with E-state index >= 15 is 0 Å². The minimum absolute atomic E-state index is 0.253. The highest BCUT2D eigenvalue weighted by atomic mass is 16.6. The largest absolute Gasteiger partial charge is 0.444 e. The second kappa shape index (κ2) is 8.61. The number of para-hydroxylation sites is 1. The first-order chi connectivity index (χ1) is 15.9. The number of rotatable bonds is 2. The van der Waals surface area contributed by atoms with Gasteiger partial charge in [-0.15, -0.1) is 0 Å². The van der Waals surface area contributed by atoms with Crippen LogP contribution in [0.25, 0.3) is 22.2 Å². The maximum Gasteiger partial charge on any atom is 0.410 e. The van der Waals surface area contributed by atoms with E-state index < -0.39 is 5.60 Å². The van der Waals surface area contributed by atoms with E-state index in [0.29, 0.717) is 26.2 Å². The summed E-state index contributed by atoms with van der Waals surface area (Å²) in [5.41, 5.74) is 4.96. The SMILES string of the molecule is CC(C)(C)OC(=O)N1CCN(c2nc3c(c(-c4cnc5ccccc5c4)n2)CCCC3)CC1. The van der Waals surface area contributed by atoms with E-state index in [4.69, 9.17) is 14.7 Å². The van der Waals surface area contributed by atoms with Crippen LogP contribution in [0.15, 0.2) is 36.5 Å². The van der Waals surface area contributed by atoms with Gasteiger partial charge in [-0.05, 0) is 58.6 Å². The van der Waals surface area contributed by atoms with Crippen LogP contribution in [0, 0.1) is 0 Å². The lowest BCUT2D eigenvalue weighted by molar-refractivity contribution is 0.0240. The lowest BCUT2D eigenvalue weighted by atomic mass is 9.92. The number of hydrogen-bond donors (Lipinski definition) is 0. The van der Waals surface area contributed by atoms with Crippen molar-refractivity contribution in [1.82, 2.24) is 19.9 Å². The van der Waals surface area contributed by atoms with Crippen molar-refractivity contribution in [3.8, 4) is 11.3 Å². The number of aryl methyl sites for hydroxylation is 1. The Morgan fingerprint density at radius 1 is 1.00 bits per heavy atom. The summed E-state index contributed by atoms with van der Waals surface area (Å²) in [6.45, 7) is 8.26. The van der Waals surface area contributed by atoms with Gasteiger partial charge in [-0.25, -0.2) is 14.8 Å². The molecule has 0 N–H and O–H groups in total. The first kappa shape index (κ1) is 21.6. The highest BCUT2D eigenvalue weighted by Gasteiger charge is 2.28. The van der Waals surface area contributed by atoms with Gasteiger partial charge in [0.25, 0.3) is 0 Å². The number of hydrogen-bond acceptors (Lipinski definition) is 6. The molecule has 1 fully saturated rings. The zero-order valence-electron chi connectivity index (χ0n) is 19.7. The molecule has 1 aliphatic carbocycles. The van der Waals surface area contributed by atoms with Crippen molar-refractivity contribution in [3.63, 3.8) is 0 Å². The van der Waals surface area contributed by atoms with E-state index in [-0.39, 0.29) is 6.09 Å². The molecule has 172 valence electrons. The normalized spacial score (nSPS) is 16.6. The molecule has 0 atom stereocenters. The van der Waals surface area contributed by atoms with Crippen LogP contribution in [0.1, 0.15) is 44.9 Å². The van der Waals surface area contributed by atoms with Gasteiger partial charge >= 0.3 is 6.09 Å². The number of aromatic nitrogens is 3. The molecule has 1 saturated heterocycles. The Labute approximate surface area is 194 Å². The third kappa shape index (κ3) is 4.63. The molecule has 0 saturated carbocycles. The standard InChI is InChI=1S/C26H31N5O2/c1-26(2,3)33-25(32)31-14-12-30(13-15-31)24-28-22-11-7-5-9-20(22)23(29-24)19-16-18-8-4-6-10-21(18)27-17-19/h4,6,8,10,16-17H,5,7,9,11-15H2,1-3H3. The number of anilines is 1. The van der Waals surface area contributed by atoms with Gasteiger partial charge in [0.1, 0.15) is 5.60 Å². The summed E-state index contributed by atoms with van der Waals surface area (Å²) < 4.78 is 5.53. The first-order valence-corrected chi connectivity index (χ1v) is 11.9. The molecule has 1 amide bonds. The molecule has 2 aliphatic rings. The molecule has 3 aromatic rings. The van der Waals surface area contributed by atoms with Crippen LogP contribution in [-0.2, 0) is 17.6 Å². The summed E-state index contributed by atoms with van der Waals surface area (Å²) in [6, 6.07) is 10.4. The molecule has 3 heterocycles. The minimum Gasteiger partial charge on any atom is -0.444 e. The third-order valence-electron chi connectivity index (χ3n) is 6.25. The van der Waals surface area contributed by atoms with E-state index in [9.17, 15) is 4.79 Å². The zero-order chi connectivity index (χ0) is 23.0. The molecule has 1 aliphatic heterocycles. The summed E-state index contributed by atoms with van der Waals surface area (Å²) in [6.07, 6.45) is 5.99. The number of carbonyl (C=O) groups is 1. The van der Waals surface area contributed by atoms with Crippen LogP contribution in [0.5, 0.6) is 0 Å². The van der Waals surface area contributed by atoms with Gasteiger partial charge in [0, 0.05) is 54.6 Å². The Kier molecular flexibility index (Phi) is 5.64. The van der Waals surface area contributed by atoms with E-state index in [1.54, 1.807) is 4.90 Å². The fourth-order valence-corrected chi connectivity index (χ4v) is 4.58. The molecule has 2 aromatic heterocycles. The van der Waals surface area contributed by atoms with Crippen molar-refractivity contribution in [3.05, 3.63) is 47.8 Å². The van der Waals surface area contributed by atoms with Gasteiger partial charge < -0.3 is 14.5 Å². The second-order valence-electron chi connectivity index (χ2n) is 9.88. The summed E-state index contributed by atoms with van der Waals surface area (Å²) in [5.74, 6) is 0.752. The van der Waals surface area contributed by atoms with Crippen molar-refractivity contribution in [2.75, 3.05) is 31.1 Å². The van der Waals surface area contributed by atoms with Crippen molar-refractivity contribution in [2.45, 2.75) is 52.1 Å². The molecule has 0 spiro atoms.